The van der Waals surface area contributed by atoms with Crippen molar-refractivity contribution in [3.05, 3.63) is 53.5 Å². The van der Waals surface area contributed by atoms with Crippen molar-refractivity contribution in [1.29, 1.82) is 10.5 Å². The van der Waals surface area contributed by atoms with Gasteiger partial charge in [0.05, 0.1) is 30.7 Å². The molecular formula is C36H34F2N10O2S. The van der Waals surface area contributed by atoms with Gasteiger partial charge >= 0.3 is 6.01 Å². The molecule has 260 valence electrons. The predicted molar refractivity (Wildman–Crippen MR) is 190 cm³/mol. The maximum atomic E-state index is 16.6. The summed E-state index contributed by atoms with van der Waals surface area (Å²) in [6.07, 6.45) is 5.57. The van der Waals surface area contributed by atoms with Crippen molar-refractivity contribution in [1.82, 2.24) is 24.8 Å². The number of nitrogens with zero attached hydrogens (tertiary/aromatic N) is 8. The minimum Gasteiger partial charge on any atom is -0.475 e. The van der Waals surface area contributed by atoms with Crippen molar-refractivity contribution in [3.8, 4) is 35.3 Å². The second-order valence-electron chi connectivity index (χ2n) is 13.3. The summed E-state index contributed by atoms with van der Waals surface area (Å²) in [6, 6.07) is 13.5. The van der Waals surface area contributed by atoms with Crippen molar-refractivity contribution >= 4 is 49.0 Å². The number of halogens is 2. The number of alkyl halides is 1. The average Bonchev–Trinajstić information content (AvgIpc) is 3.49. The molecule has 5 aromatic rings. The maximum absolute atomic E-state index is 16.6. The highest BCUT2D eigenvalue weighted by atomic mass is 32.1. The van der Waals surface area contributed by atoms with Gasteiger partial charge in [-0.3, -0.25) is 4.90 Å². The Hall–Kier alpha value is -5.38. The zero-order chi connectivity index (χ0) is 35.4. The molecule has 0 spiro atoms. The number of hydrogen-bond donors (Lipinski definition) is 2. The molecule has 4 aliphatic rings. The second kappa shape index (κ2) is 13.1. The molecule has 0 amide bonds. The number of nitriles is 2. The van der Waals surface area contributed by atoms with E-state index in [1.54, 1.807) is 24.4 Å². The Bertz CT molecular complexity index is 2240. The number of ether oxygens (including phenoxy) is 2. The monoisotopic (exact) mass is 708 g/mol. The number of fused-ring (bicyclic) bond motifs is 2. The van der Waals surface area contributed by atoms with Gasteiger partial charge in [-0.25, -0.2) is 18.7 Å². The summed E-state index contributed by atoms with van der Waals surface area (Å²) in [5, 5.41) is 20.7. The molecule has 4 aromatic heterocycles. The molecule has 1 aliphatic carbocycles. The van der Waals surface area contributed by atoms with Crippen LogP contribution >= 0.6 is 11.3 Å². The maximum Gasteiger partial charge on any atom is 0.318 e. The van der Waals surface area contributed by atoms with Gasteiger partial charge in [-0.1, -0.05) is 12.1 Å². The van der Waals surface area contributed by atoms with Crippen LogP contribution in [0.3, 0.4) is 0 Å². The standard InChI is InChI=1S/C29H22FN9O2S.C7H12FN/c1-40-29-37-25-22-27(38-29)39(18-9-14(18)10-31)15(7-13-5-6-35-20(33)8-13)12-41-28(22)36-24(23(25)30)16-3-2-4-19-21(16)17(11-32)26(34)42-19;8-6-4-7-2-1-3-9(7)5-6/h2-6,8,14-15,18H,7,9,12,34H2,1H3,(H2,33,35);6-7H,1-5H2. The third kappa shape index (κ3) is 5.86. The summed E-state index contributed by atoms with van der Waals surface area (Å²) < 4.78 is 41.7. The summed E-state index contributed by atoms with van der Waals surface area (Å²) in [5.74, 6) is -0.0248. The molecule has 0 bridgehead atoms. The highest BCUT2D eigenvalue weighted by Crippen LogP contribution is 2.47. The molecule has 12 nitrogen and oxygen atoms in total. The van der Waals surface area contributed by atoms with Gasteiger partial charge in [0.2, 0.25) is 5.88 Å². The molecule has 4 N–H and O–H groups in total. The fourth-order valence-electron chi connectivity index (χ4n) is 7.70. The molecule has 51 heavy (non-hydrogen) atoms. The van der Waals surface area contributed by atoms with Gasteiger partial charge in [0.1, 0.15) is 52.1 Å². The second-order valence-corrected chi connectivity index (χ2v) is 14.4. The topological polar surface area (TPSA) is 176 Å². The van der Waals surface area contributed by atoms with Crippen molar-refractivity contribution in [3.63, 3.8) is 0 Å². The highest BCUT2D eigenvalue weighted by molar-refractivity contribution is 7.23. The molecule has 15 heteroatoms. The minimum atomic E-state index is -0.714. The number of nitrogen functional groups attached to an aromatic ring is 2. The number of pyridine rings is 2. The minimum absolute atomic E-state index is 0.0302. The Morgan fingerprint density at radius 1 is 1.14 bits per heavy atom. The van der Waals surface area contributed by atoms with Gasteiger partial charge in [0.15, 0.2) is 5.82 Å². The number of rotatable bonds is 5. The molecule has 5 atom stereocenters. The number of aromatic nitrogens is 4. The SMILES string of the molecule is COc1nc2c3c(nc(-c4cccc5sc(N)c(C#N)c45)c(F)c3n1)OCC(Cc1ccnc(N)c1)N2C1CC1C#N.FC1CC2CCCN2C1. The van der Waals surface area contributed by atoms with E-state index in [-0.39, 0.29) is 58.7 Å². The summed E-state index contributed by atoms with van der Waals surface area (Å²) in [6.45, 7) is 2.03. The summed E-state index contributed by atoms with van der Waals surface area (Å²) in [4.78, 5) is 22.1. The van der Waals surface area contributed by atoms with E-state index in [0.717, 1.165) is 23.2 Å². The van der Waals surface area contributed by atoms with Crippen LogP contribution in [0.15, 0.2) is 36.5 Å². The Balaban J connectivity index is 0.000000359. The quantitative estimate of drug-likeness (QED) is 0.238. The Morgan fingerprint density at radius 3 is 2.75 bits per heavy atom. The van der Waals surface area contributed by atoms with Crippen molar-refractivity contribution in [2.24, 2.45) is 5.92 Å². The Labute approximate surface area is 296 Å². The first-order chi connectivity index (χ1) is 24.8. The number of nitrogens with two attached hydrogens (primary N) is 2. The Morgan fingerprint density at radius 2 is 2.00 bits per heavy atom. The van der Waals surface area contributed by atoms with Crippen molar-refractivity contribution < 1.29 is 18.3 Å². The molecule has 9 rings (SSSR count). The summed E-state index contributed by atoms with van der Waals surface area (Å²) in [5.41, 5.74) is 13.6. The fraction of sp³-hybridized carbons (Fsp3) is 0.389. The van der Waals surface area contributed by atoms with E-state index in [0.29, 0.717) is 53.0 Å². The molecule has 1 saturated carbocycles. The average molecular weight is 709 g/mol. The number of thiophene rings is 1. The van der Waals surface area contributed by atoms with Crippen LogP contribution < -0.4 is 25.8 Å². The lowest BCUT2D eigenvalue weighted by atomic mass is 10.0. The van der Waals surface area contributed by atoms with Crippen LogP contribution in [0, 0.1) is 34.4 Å². The molecular weight excluding hydrogens is 675 g/mol. The molecule has 7 heterocycles. The van der Waals surface area contributed by atoms with Crippen LogP contribution in [0.1, 0.15) is 36.8 Å². The third-order valence-electron chi connectivity index (χ3n) is 10.1. The van der Waals surface area contributed by atoms with E-state index >= 15 is 4.39 Å². The van der Waals surface area contributed by atoms with Gasteiger partial charge < -0.3 is 25.8 Å². The smallest absolute Gasteiger partial charge is 0.318 e. The summed E-state index contributed by atoms with van der Waals surface area (Å²) in [7, 11) is 1.41. The van der Waals surface area contributed by atoms with E-state index in [1.165, 1.54) is 31.3 Å². The first-order valence-corrected chi connectivity index (χ1v) is 17.7. The fourth-order valence-corrected chi connectivity index (χ4v) is 8.65. The lowest BCUT2D eigenvalue weighted by Gasteiger charge is -2.31. The highest BCUT2D eigenvalue weighted by Gasteiger charge is 2.48. The third-order valence-corrected chi connectivity index (χ3v) is 11.1. The summed E-state index contributed by atoms with van der Waals surface area (Å²) >= 11 is 1.25. The number of benzene rings is 1. The van der Waals surface area contributed by atoms with Crippen LogP contribution in [-0.2, 0) is 6.42 Å². The van der Waals surface area contributed by atoms with Gasteiger partial charge in [0.25, 0.3) is 0 Å². The lowest BCUT2D eigenvalue weighted by molar-refractivity contribution is 0.276. The number of hydrogen-bond acceptors (Lipinski definition) is 13. The van der Waals surface area contributed by atoms with Crippen LogP contribution in [0.2, 0.25) is 0 Å². The zero-order valence-corrected chi connectivity index (χ0v) is 28.5. The molecule has 0 radical (unpaired) electrons. The number of anilines is 3. The first kappa shape index (κ1) is 32.8. The van der Waals surface area contributed by atoms with E-state index in [4.69, 9.17) is 20.9 Å². The lowest BCUT2D eigenvalue weighted by Crippen LogP contribution is -2.43. The zero-order valence-electron chi connectivity index (χ0n) is 27.7. The normalized spacial score (nSPS) is 23.5. The number of methoxy groups -OCH3 is 1. The van der Waals surface area contributed by atoms with E-state index in [2.05, 4.69) is 37.0 Å². The van der Waals surface area contributed by atoms with Gasteiger partial charge in [-0.15, -0.1) is 11.3 Å². The Kier molecular flexibility index (Phi) is 8.40. The van der Waals surface area contributed by atoms with E-state index < -0.39 is 12.0 Å². The van der Waals surface area contributed by atoms with E-state index in [9.17, 15) is 14.9 Å². The van der Waals surface area contributed by atoms with E-state index in [1.807, 2.05) is 17.0 Å². The van der Waals surface area contributed by atoms with Crippen molar-refractivity contribution in [2.45, 2.75) is 56.4 Å². The van der Waals surface area contributed by atoms with Crippen LogP contribution in [-0.4, -0.2) is 75.9 Å². The molecule has 3 fully saturated rings. The van der Waals surface area contributed by atoms with Crippen LogP contribution in [0.25, 0.3) is 32.2 Å². The predicted octanol–water partition coefficient (Wildman–Crippen LogP) is 5.40. The molecule has 1 aromatic carbocycles. The van der Waals surface area contributed by atoms with Crippen LogP contribution in [0.4, 0.5) is 25.4 Å². The first-order valence-electron chi connectivity index (χ1n) is 16.8. The largest absolute Gasteiger partial charge is 0.475 e. The van der Waals surface area contributed by atoms with Gasteiger partial charge in [0, 0.05) is 40.5 Å². The molecule has 3 aliphatic heterocycles. The van der Waals surface area contributed by atoms with Crippen LogP contribution in [0.5, 0.6) is 11.9 Å². The van der Waals surface area contributed by atoms with Gasteiger partial charge in [-0.05, 0) is 62.4 Å². The molecule has 5 unspecified atom stereocenters. The molecule has 2 saturated heterocycles. The van der Waals surface area contributed by atoms with Crippen molar-refractivity contribution in [2.75, 3.05) is 43.2 Å². The van der Waals surface area contributed by atoms with Gasteiger partial charge in [-0.2, -0.15) is 20.5 Å².